The quantitative estimate of drug-likeness (QED) is 0.168. The van der Waals surface area contributed by atoms with Crippen LogP contribution in [0, 0.1) is 0 Å². The van der Waals surface area contributed by atoms with Gasteiger partial charge in [0.05, 0.1) is 0 Å². The van der Waals surface area contributed by atoms with Crippen LogP contribution in [0.4, 0.5) is 0 Å². The first-order valence-corrected chi connectivity index (χ1v) is 25.6. The van der Waals surface area contributed by atoms with Gasteiger partial charge < -0.3 is 0 Å². The fourth-order valence-electron chi connectivity index (χ4n) is 4.31. The van der Waals surface area contributed by atoms with Crippen molar-refractivity contribution in [2.45, 2.75) is 27.7 Å². The van der Waals surface area contributed by atoms with Crippen molar-refractivity contribution in [3.8, 4) is 23.0 Å². The van der Waals surface area contributed by atoms with Crippen LogP contribution in [-0.4, -0.2) is 46.6 Å². The molecule has 0 amide bonds. The third-order valence-electron chi connectivity index (χ3n) is 6.07. The zero-order valence-electron chi connectivity index (χ0n) is 23.3. The molecule has 0 spiro atoms. The van der Waals surface area contributed by atoms with Gasteiger partial charge in [0.25, 0.3) is 0 Å². The van der Waals surface area contributed by atoms with Crippen LogP contribution in [0.3, 0.4) is 0 Å². The van der Waals surface area contributed by atoms with E-state index in [9.17, 15) is 0 Å². The number of rotatable bonds is 13. The summed E-state index contributed by atoms with van der Waals surface area (Å²) in [5.74, 6) is 3.22. The van der Waals surface area contributed by atoms with Gasteiger partial charge in [0, 0.05) is 0 Å². The minimum atomic E-state index is -3.46. The molecule has 0 radical (unpaired) electrons. The zero-order valence-corrected chi connectivity index (χ0v) is 28.2. The Morgan fingerprint density at radius 1 is 0.375 bits per heavy atom. The van der Waals surface area contributed by atoms with Gasteiger partial charge in [0.2, 0.25) is 0 Å². The Morgan fingerprint density at radius 2 is 0.550 bits per heavy atom. The second kappa shape index (κ2) is 14.0. The molecule has 4 rings (SSSR count). The van der Waals surface area contributed by atoms with Gasteiger partial charge in [-0.3, -0.25) is 0 Å². The molecule has 0 aliphatic heterocycles. The van der Waals surface area contributed by atoms with Crippen molar-refractivity contribution in [2.75, 3.05) is 26.4 Å². The average Bonchev–Trinajstić information content (AvgIpc) is 2.98. The van der Waals surface area contributed by atoms with Crippen LogP contribution < -0.4 is 36.8 Å². The maximum absolute atomic E-state index is 8.18. The van der Waals surface area contributed by atoms with Crippen LogP contribution in [0.15, 0.2) is 97.1 Å². The summed E-state index contributed by atoms with van der Waals surface area (Å²) in [6.07, 6.45) is 0. The molecular formula is C32H36Cl2O4Se2. The fourth-order valence-corrected chi connectivity index (χ4v) is 38.2. The van der Waals surface area contributed by atoms with Crippen LogP contribution in [0.2, 0.25) is 0 Å². The molecule has 0 saturated heterocycles. The Balaban J connectivity index is 1.99. The third-order valence-corrected chi connectivity index (χ3v) is 45.7. The Labute approximate surface area is 250 Å². The SMILES string of the molecule is CCOc1ccc([Se](Cl)(c2ccc(OCC)cc2)[Se](Cl)(c2ccc(OCC)cc2)c2ccc(OCC)cc2)cc1. The Bertz CT molecular complexity index is 1140. The molecule has 0 atom stereocenters. The monoisotopic (exact) mass is 714 g/mol. The van der Waals surface area contributed by atoms with Gasteiger partial charge in [-0.15, -0.1) is 0 Å². The zero-order chi connectivity index (χ0) is 28.6. The summed E-state index contributed by atoms with van der Waals surface area (Å²) >= 11 is 0. The molecule has 0 aliphatic carbocycles. The van der Waals surface area contributed by atoms with E-state index in [-0.39, 0.29) is 0 Å². The molecule has 0 fully saturated rings. The topological polar surface area (TPSA) is 36.9 Å². The first-order valence-electron chi connectivity index (χ1n) is 13.4. The van der Waals surface area contributed by atoms with Crippen molar-refractivity contribution in [1.29, 1.82) is 0 Å². The molecule has 0 bridgehead atoms. The van der Waals surface area contributed by atoms with Gasteiger partial charge in [0.1, 0.15) is 0 Å². The summed E-state index contributed by atoms with van der Waals surface area (Å²) in [4.78, 5) is 0. The van der Waals surface area contributed by atoms with Crippen LogP contribution in [-0.2, 0) is 0 Å². The van der Waals surface area contributed by atoms with Gasteiger partial charge in [-0.05, 0) is 0 Å². The van der Waals surface area contributed by atoms with Crippen molar-refractivity contribution in [3.05, 3.63) is 97.1 Å². The van der Waals surface area contributed by atoms with E-state index in [1.165, 1.54) is 0 Å². The first kappa shape index (κ1) is 30.7. The summed E-state index contributed by atoms with van der Waals surface area (Å²) in [5, 5.41) is 0. The molecule has 0 saturated carbocycles. The van der Waals surface area contributed by atoms with E-state index < -0.39 is 20.2 Å². The number of halogens is 2. The normalized spacial score (nSPS) is 12.4. The number of hydrogen-bond acceptors (Lipinski definition) is 4. The molecule has 8 heteroatoms. The molecule has 4 aromatic rings. The van der Waals surface area contributed by atoms with Gasteiger partial charge in [-0.25, -0.2) is 0 Å². The van der Waals surface area contributed by atoms with E-state index in [1.54, 1.807) is 0 Å². The standard InChI is InChI=1S/C32H36Cl2O4Se2/c1-5-35-25-9-17-29(18-10-25)39(33,30-19-11-26(12-20-30)36-6-2)40(34,31-21-13-27(14-22-31)37-7-3)32-23-15-28(16-24-32)38-8-4/h9-24H,5-8H2,1-4H3. The fraction of sp³-hybridized carbons (Fsp3) is 0.250. The van der Waals surface area contributed by atoms with Crippen LogP contribution in [0.1, 0.15) is 27.7 Å². The van der Waals surface area contributed by atoms with Gasteiger partial charge in [-0.1, -0.05) is 0 Å². The van der Waals surface area contributed by atoms with Crippen molar-refractivity contribution < 1.29 is 18.9 Å². The Hall–Kier alpha value is -2.30. The molecule has 4 aromatic carbocycles. The molecule has 0 unspecified atom stereocenters. The summed E-state index contributed by atoms with van der Waals surface area (Å²) < 4.78 is 27.2. The van der Waals surface area contributed by atoms with Crippen LogP contribution in [0.5, 0.6) is 23.0 Å². The molecule has 4 nitrogen and oxygen atoms in total. The number of benzene rings is 4. The second-order valence-electron chi connectivity index (χ2n) is 8.59. The van der Waals surface area contributed by atoms with E-state index in [0.29, 0.717) is 26.4 Å². The van der Waals surface area contributed by atoms with Crippen LogP contribution in [0.25, 0.3) is 0 Å². The summed E-state index contributed by atoms with van der Waals surface area (Å²) in [7, 11) is 9.43. The molecule has 0 aliphatic rings. The summed E-state index contributed by atoms with van der Waals surface area (Å²) in [6.45, 7) is 10.3. The molecule has 214 valence electrons. The van der Waals surface area contributed by atoms with E-state index in [4.69, 9.17) is 39.1 Å². The summed E-state index contributed by atoms with van der Waals surface area (Å²) in [5.41, 5.74) is 0. The van der Waals surface area contributed by atoms with Gasteiger partial charge in [0.15, 0.2) is 0 Å². The Morgan fingerprint density at radius 3 is 0.700 bits per heavy atom. The second-order valence-corrected chi connectivity index (χ2v) is 36.7. The molecule has 0 aromatic heterocycles. The van der Waals surface area contributed by atoms with Crippen molar-refractivity contribution >= 4 is 58.3 Å². The molecule has 0 N–H and O–H groups in total. The van der Waals surface area contributed by atoms with E-state index in [0.717, 1.165) is 40.8 Å². The molecule has 0 heterocycles. The average molecular weight is 713 g/mol. The summed E-state index contributed by atoms with van der Waals surface area (Å²) in [6, 6.07) is 32.7. The predicted molar refractivity (Wildman–Crippen MR) is 172 cm³/mol. The van der Waals surface area contributed by atoms with Gasteiger partial charge in [-0.2, -0.15) is 0 Å². The third kappa shape index (κ3) is 6.28. The first-order chi connectivity index (χ1) is 19.4. The Kier molecular flexibility index (Phi) is 10.8. The predicted octanol–water partition coefficient (Wildman–Crippen LogP) is 5.66. The van der Waals surface area contributed by atoms with Crippen molar-refractivity contribution in [3.63, 3.8) is 0 Å². The number of hydrogen-bond donors (Lipinski definition) is 0. The van der Waals surface area contributed by atoms with E-state index in [2.05, 4.69) is 48.5 Å². The van der Waals surface area contributed by atoms with Crippen molar-refractivity contribution in [1.82, 2.24) is 0 Å². The van der Waals surface area contributed by atoms with Gasteiger partial charge >= 0.3 is 251 Å². The van der Waals surface area contributed by atoms with E-state index >= 15 is 0 Å². The maximum atomic E-state index is 8.18. The molecule has 40 heavy (non-hydrogen) atoms. The number of ether oxygens (including phenoxy) is 4. The van der Waals surface area contributed by atoms with Crippen molar-refractivity contribution in [2.24, 2.45) is 0 Å². The minimum absolute atomic E-state index is 0.594. The van der Waals surface area contributed by atoms with Crippen LogP contribution >= 0.6 is 20.2 Å². The molecular weight excluding hydrogens is 677 g/mol. The van der Waals surface area contributed by atoms with E-state index in [1.807, 2.05) is 76.2 Å².